The van der Waals surface area contributed by atoms with Crippen molar-refractivity contribution in [2.24, 2.45) is 13.5 Å². The highest BCUT2D eigenvalue weighted by Crippen LogP contribution is 2.82. The summed E-state index contributed by atoms with van der Waals surface area (Å²) in [5.41, 5.74) is 0. The first-order valence-corrected chi connectivity index (χ1v) is 10.9. The number of nitrogens with zero attached hydrogens (tertiary/aromatic N) is 5. The van der Waals surface area contributed by atoms with Crippen molar-refractivity contribution in [2.45, 2.75) is 27.7 Å². The molecule has 1 aliphatic heterocycles. The van der Waals surface area contributed by atoms with Gasteiger partial charge in [-0.15, -0.1) is 17.4 Å². The van der Waals surface area contributed by atoms with E-state index in [4.69, 9.17) is 0 Å². The van der Waals surface area contributed by atoms with E-state index < -0.39 is 23.2 Å². The van der Waals surface area contributed by atoms with Gasteiger partial charge >= 0.3 is 23.2 Å². The van der Waals surface area contributed by atoms with E-state index in [1.807, 2.05) is 0 Å². The molecular weight excluding hydrogens is 335 g/mol. The largest absolute Gasteiger partial charge is 0.423 e. The smallest absolute Gasteiger partial charge is 0.227 e. The third kappa shape index (κ3) is 3.75. The van der Waals surface area contributed by atoms with Gasteiger partial charge < -0.3 is 0 Å². The van der Waals surface area contributed by atoms with Crippen molar-refractivity contribution in [1.82, 2.24) is 9.34 Å². The van der Waals surface area contributed by atoms with Crippen LogP contribution in [0.3, 0.4) is 0 Å². The summed E-state index contributed by atoms with van der Waals surface area (Å²) in [6, 6.07) is 0. The van der Waals surface area contributed by atoms with Gasteiger partial charge in [-0.2, -0.15) is 12.9 Å². The highest BCUT2D eigenvalue weighted by atomic mass is 31.3. The molecular formula is C8H20F4N5P3. The zero-order chi connectivity index (χ0) is 15.6. The quantitative estimate of drug-likeness (QED) is 0.409. The molecule has 0 aromatic carbocycles. The minimum absolute atomic E-state index is 0.145. The number of hydrogen-bond acceptors (Lipinski definition) is 5. The Labute approximate surface area is 117 Å². The Morgan fingerprint density at radius 1 is 0.650 bits per heavy atom. The third-order valence-corrected chi connectivity index (χ3v) is 10.8. The van der Waals surface area contributed by atoms with Crippen molar-refractivity contribution in [2.75, 3.05) is 26.2 Å². The molecule has 20 heavy (non-hydrogen) atoms. The molecule has 0 aromatic rings. The molecule has 0 N–H and O–H groups in total. The van der Waals surface area contributed by atoms with Gasteiger partial charge in [0.05, 0.1) is 0 Å². The highest BCUT2D eigenvalue weighted by Gasteiger charge is 2.43. The maximum absolute atomic E-state index is 14.8. The molecule has 0 bridgehead atoms. The van der Waals surface area contributed by atoms with Gasteiger partial charge in [-0.3, -0.25) is 0 Å². The van der Waals surface area contributed by atoms with Gasteiger partial charge in [0.1, 0.15) is 0 Å². The number of hydrogen-bond donors (Lipinski definition) is 0. The Bertz CT molecular complexity index is 491. The van der Waals surface area contributed by atoms with E-state index in [1.54, 1.807) is 27.7 Å². The SMILES string of the molecule is CCN(CC)P1(F)=NP(F)(F)=NP(F)(N(CC)CC)=N1. The average Bonchev–Trinajstić information content (AvgIpc) is 2.27. The second kappa shape index (κ2) is 6.62. The fraction of sp³-hybridized carbons (Fsp3) is 1.00. The standard InChI is InChI=1S/C8H20F4N5P3/c1-5-16(6-2)19(11)13-18(9,10)14-20(12,15-19)17(7-3)8-4/h5-8H2,1-4H3. The van der Waals surface area contributed by atoms with Crippen LogP contribution in [0.2, 0.25) is 0 Å². The summed E-state index contributed by atoms with van der Waals surface area (Å²) < 4.78 is 68.5. The van der Waals surface area contributed by atoms with Gasteiger partial charge in [0.15, 0.2) is 0 Å². The van der Waals surface area contributed by atoms with Crippen LogP contribution in [0.15, 0.2) is 13.5 Å². The minimum Gasteiger partial charge on any atom is -0.227 e. The van der Waals surface area contributed by atoms with Crippen LogP contribution in [-0.4, -0.2) is 35.5 Å². The van der Waals surface area contributed by atoms with E-state index in [-0.39, 0.29) is 26.2 Å². The van der Waals surface area contributed by atoms with Crippen molar-refractivity contribution in [1.29, 1.82) is 0 Å². The maximum Gasteiger partial charge on any atom is 0.423 e. The number of halogens is 4. The summed E-state index contributed by atoms with van der Waals surface area (Å²) in [5, 5.41) is 0. The first-order valence-electron chi connectivity index (χ1n) is 6.37. The van der Waals surface area contributed by atoms with Crippen molar-refractivity contribution in [3.05, 3.63) is 0 Å². The molecule has 0 radical (unpaired) electrons. The molecule has 1 aliphatic rings. The first kappa shape index (κ1) is 18.4. The predicted molar refractivity (Wildman–Crippen MR) is 78.3 cm³/mol. The molecule has 1 rings (SSSR count). The molecule has 1 heterocycles. The van der Waals surface area contributed by atoms with Crippen molar-refractivity contribution >= 4 is 23.2 Å². The van der Waals surface area contributed by atoms with Crippen LogP contribution >= 0.6 is 23.2 Å². The Morgan fingerprint density at radius 2 is 1.00 bits per heavy atom. The molecule has 0 amide bonds. The summed E-state index contributed by atoms with van der Waals surface area (Å²) in [5.74, 6) is 0. The summed E-state index contributed by atoms with van der Waals surface area (Å²) in [7, 11) is -14.1. The average molecular weight is 355 g/mol. The summed E-state index contributed by atoms with van der Waals surface area (Å²) in [6.45, 7) is 7.00. The van der Waals surface area contributed by atoms with Crippen LogP contribution < -0.4 is 0 Å². The summed E-state index contributed by atoms with van der Waals surface area (Å²) >= 11 is 0. The van der Waals surface area contributed by atoms with Gasteiger partial charge in [0.2, 0.25) is 0 Å². The van der Waals surface area contributed by atoms with Crippen molar-refractivity contribution in [3.8, 4) is 0 Å². The Kier molecular flexibility index (Phi) is 6.08. The van der Waals surface area contributed by atoms with Gasteiger partial charge in [-0.05, 0) is 0 Å². The summed E-state index contributed by atoms with van der Waals surface area (Å²) in [6.07, 6.45) is 0. The Morgan fingerprint density at radius 3 is 1.35 bits per heavy atom. The molecule has 5 nitrogen and oxygen atoms in total. The molecule has 0 aliphatic carbocycles. The van der Waals surface area contributed by atoms with Crippen LogP contribution in [0.1, 0.15) is 27.7 Å². The predicted octanol–water partition coefficient (Wildman–Crippen LogP) is 6.40. The molecule has 0 aromatic heterocycles. The molecule has 0 fully saturated rings. The fourth-order valence-corrected chi connectivity index (χ4v) is 9.86. The van der Waals surface area contributed by atoms with E-state index in [2.05, 4.69) is 13.5 Å². The van der Waals surface area contributed by atoms with Crippen LogP contribution in [0, 0.1) is 0 Å². The van der Waals surface area contributed by atoms with E-state index in [0.717, 1.165) is 9.34 Å². The normalized spacial score (nSPS) is 32.7. The van der Waals surface area contributed by atoms with E-state index >= 15 is 0 Å². The Hall–Kier alpha value is 0.330. The highest BCUT2D eigenvalue weighted by molar-refractivity contribution is 7.79. The molecule has 120 valence electrons. The molecule has 0 saturated carbocycles. The van der Waals surface area contributed by atoms with Crippen LogP contribution in [0.4, 0.5) is 16.8 Å². The zero-order valence-electron chi connectivity index (χ0n) is 11.9. The van der Waals surface area contributed by atoms with Gasteiger partial charge in [0.25, 0.3) is 0 Å². The second-order valence-corrected chi connectivity index (χ2v) is 10.2. The van der Waals surface area contributed by atoms with Gasteiger partial charge in [-0.1, -0.05) is 27.7 Å². The second-order valence-electron chi connectivity index (χ2n) is 3.99. The molecule has 12 heteroatoms. The zero-order valence-corrected chi connectivity index (χ0v) is 14.6. The Balaban J connectivity index is 3.54. The van der Waals surface area contributed by atoms with Crippen LogP contribution in [0.25, 0.3) is 0 Å². The minimum atomic E-state index is -5.32. The van der Waals surface area contributed by atoms with Crippen LogP contribution in [-0.2, 0) is 0 Å². The lowest BCUT2D eigenvalue weighted by Gasteiger charge is -2.32. The van der Waals surface area contributed by atoms with E-state index in [9.17, 15) is 16.8 Å². The molecule has 2 unspecified atom stereocenters. The lowest BCUT2D eigenvalue weighted by atomic mass is 10.7. The number of rotatable bonds is 6. The van der Waals surface area contributed by atoms with Crippen molar-refractivity contribution in [3.63, 3.8) is 0 Å². The van der Waals surface area contributed by atoms with E-state index in [0.29, 0.717) is 0 Å². The van der Waals surface area contributed by atoms with Crippen LogP contribution in [0.5, 0.6) is 0 Å². The lowest BCUT2D eigenvalue weighted by molar-refractivity contribution is 0.461. The lowest BCUT2D eigenvalue weighted by Crippen LogP contribution is -2.20. The van der Waals surface area contributed by atoms with Gasteiger partial charge in [-0.25, -0.2) is 9.34 Å². The monoisotopic (exact) mass is 355 g/mol. The topological polar surface area (TPSA) is 43.6 Å². The fourth-order valence-electron chi connectivity index (χ4n) is 1.87. The summed E-state index contributed by atoms with van der Waals surface area (Å²) in [4.78, 5) is 0. The first-order chi connectivity index (χ1) is 9.16. The molecule has 0 saturated heterocycles. The van der Waals surface area contributed by atoms with Crippen molar-refractivity contribution < 1.29 is 16.8 Å². The van der Waals surface area contributed by atoms with Gasteiger partial charge in [0, 0.05) is 26.2 Å². The van der Waals surface area contributed by atoms with E-state index in [1.165, 1.54) is 0 Å². The third-order valence-electron chi connectivity index (χ3n) is 2.85. The molecule has 0 spiro atoms. The maximum atomic E-state index is 14.8. The molecule has 2 atom stereocenters.